The molecule has 536 valence electrons. The van der Waals surface area contributed by atoms with Gasteiger partial charge < -0.3 is 70.1 Å². The van der Waals surface area contributed by atoms with E-state index in [0.717, 1.165) is 38.5 Å². The minimum Gasteiger partial charge on any atom is -0.459 e. The summed E-state index contributed by atoms with van der Waals surface area (Å²) in [5.74, 6) is -6.47. The quantitative estimate of drug-likeness (QED) is 0.0125. The molecule has 3 unspecified atom stereocenters. The standard InChI is InChI=1S/C76H85O22P3/c1-4-5-6-7-8-9-10-32-47-86-100(83,88-49-56-35-20-12-21-36-56)53-64-67-69(98-76(2,3)97-67)66(62(91-64)51-85-71(77)58-39-24-14-25-40-58)96-75-70(95-74(80)61-45-30-17-31-46-61)68(94-73(79)60-43-28-16-29-44-60)65(93-72(78)59-41-26-15-27-42-59)63(92-75)52-90-101(84,89-50-57-37-22-13-23-38-57)54-99(81,82)87-48-55-33-18-11-19-34-55/h4,11-31,33-46,62-70,75H,1,5-10,32,47-54H2,2-3H3,(H,81,82)/t62-,63-,64-,65+,66-,67-,68+,69+,70-,75+,100?,101?/m1/s1. The molecule has 0 saturated carbocycles. The highest BCUT2D eigenvalue weighted by atomic mass is 31.2. The van der Waals surface area contributed by atoms with Crippen LogP contribution in [0.2, 0.25) is 0 Å². The number of carbonyl (C=O) groups excluding carboxylic acids is 4. The number of unbranched alkanes of at least 4 members (excludes halogenated alkanes) is 6. The minimum atomic E-state index is -4.93. The maximum atomic E-state index is 15.5. The summed E-state index contributed by atoms with van der Waals surface area (Å²) in [5.41, 5.74) is 1.92. The van der Waals surface area contributed by atoms with Crippen molar-refractivity contribution >= 4 is 46.7 Å². The summed E-state index contributed by atoms with van der Waals surface area (Å²) in [5, 5.41) is 0. The molecule has 0 aromatic heterocycles. The molecule has 0 amide bonds. The number of fused-ring (bicyclic) bond motifs is 1. The van der Waals surface area contributed by atoms with E-state index in [1.54, 1.807) is 159 Å². The summed E-state index contributed by atoms with van der Waals surface area (Å²) >= 11 is 0. The van der Waals surface area contributed by atoms with Crippen LogP contribution in [-0.4, -0.2) is 128 Å². The molecule has 101 heavy (non-hydrogen) atoms. The first-order valence-electron chi connectivity index (χ1n) is 33.6. The number of ether oxygens (including phenoxy) is 9. The molecule has 3 aliphatic heterocycles. The smallest absolute Gasteiger partial charge is 0.343 e. The summed E-state index contributed by atoms with van der Waals surface area (Å²) in [6, 6.07) is 57.6. The van der Waals surface area contributed by atoms with Crippen LogP contribution in [0.3, 0.4) is 0 Å². The van der Waals surface area contributed by atoms with Gasteiger partial charge in [0, 0.05) is 0 Å². The first kappa shape index (κ1) is 76.1. The van der Waals surface area contributed by atoms with Crippen molar-refractivity contribution in [2.45, 2.75) is 146 Å². The lowest BCUT2D eigenvalue weighted by molar-refractivity contribution is -0.333. The van der Waals surface area contributed by atoms with E-state index in [-0.39, 0.29) is 42.1 Å². The van der Waals surface area contributed by atoms with Gasteiger partial charge in [-0.1, -0.05) is 196 Å². The van der Waals surface area contributed by atoms with E-state index < -0.39 is 146 Å². The SMILES string of the molecule is C=CCCCCCCCCOP(=O)(C[C@H]1O[C@H](COC(=O)c2ccccc2)[C@@H](O[C@@H]2O[C@H](COP(=O)(CP(=O)(O)OCc3ccccc3)OCc3ccccc3)[C@H](OC(=O)c3ccccc3)[C@H](OC(=O)c3ccccc3)[C@H]2OC(=O)c2ccccc2)[C@@H]2OC(C)(C)O[C@@H]21)OCc1ccccc1. The molecule has 0 spiro atoms. The zero-order valence-corrected chi connectivity index (χ0v) is 58.9. The highest BCUT2D eigenvalue weighted by Gasteiger charge is 2.61. The van der Waals surface area contributed by atoms with Crippen LogP contribution in [0.1, 0.15) is 117 Å². The fraction of sp³-hybridized carbons (Fsp3) is 0.368. The van der Waals surface area contributed by atoms with Crippen LogP contribution < -0.4 is 0 Å². The van der Waals surface area contributed by atoms with Crippen LogP contribution in [-0.2, 0) is 98.8 Å². The lowest BCUT2D eigenvalue weighted by atomic mass is 9.94. The Kier molecular flexibility index (Phi) is 27.9. The molecule has 3 fully saturated rings. The number of rotatable bonds is 37. The maximum absolute atomic E-state index is 15.5. The molecular formula is C76H85O22P3. The number of esters is 4. The normalized spacial score (nSPS) is 23.3. The molecule has 22 nitrogen and oxygen atoms in total. The molecule has 0 aliphatic carbocycles. The highest BCUT2D eigenvalue weighted by molar-refractivity contribution is 7.70. The Morgan fingerprint density at radius 1 is 0.446 bits per heavy atom. The molecule has 7 aromatic rings. The van der Waals surface area contributed by atoms with E-state index in [2.05, 4.69) is 6.58 Å². The fourth-order valence-corrected chi connectivity index (χ4v) is 17.3. The Morgan fingerprint density at radius 3 is 1.37 bits per heavy atom. The van der Waals surface area contributed by atoms with Crippen molar-refractivity contribution in [3.8, 4) is 0 Å². The maximum Gasteiger partial charge on any atom is 0.343 e. The first-order valence-corrected chi connectivity index (χ1v) is 38.8. The molecule has 10 rings (SSSR count). The molecular weight excluding hydrogens is 1360 g/mol. The lowest BCUT2D eigenvalue weighted by Gasteiger charge is -2.48. The van der Waals surface area contributed by atoms with Crippen molar-refractivity contribution in [1.29, 1.82) is 0 Å². The number of benzene rings is 7. The predicted octanol–water partition coefficient (Wildman–Crippen LogP) is 15.0. The topological polar surface area (TPSA) is 269 Å². The molecule has 25 heteroatoms. The second-order valence-electron chi connectivity index (χ2n) is 24.9. The molecule has 3 heterocycles. The van der Waals surface area contributed by atoms with Gasteiger partial charge in [-0.15, -0.1) is 6.58 Å². The van der Waals surface area contributed by atoms with Gasteiger partial charge in [0.15, 0.2) is 36.3 Å². The Labute approximate surface area is 588 Å². The summed E-state index contributed by atoms with van der Waals surface area (Å²) in [4.78, 5) is 70.0. The van der Waals surface area contributed by atoms with E-state index in [9.17, 15) is 28.6 Å². The molecule has 1 N–H and O–H groups in total. The van der Waals surface area contributed by atoms with Crippen LogP contribution in [0.5, 0.6) is 0 Å². The monoisotopic (exact) mass is 1440 g/mol. The van der Waals surface area contributed by atoms with E-state index in [1.807, 2.05) is 36.4 Å². The molecule has 13 atom stereocenters. The zero-order chi connectivity index (χ0) is 71.1. The van der Waals surface area contributed by atoms with Crippen molar-refractivity contribution in [3.05, 3.63) is 264 Å². The minimum absolute atomic E-state index is 0.00364. The summed E-state index contributed by atoms with van der Waals surface area (Å²) in [7, 11) is -14.0. The van der Waals surface area contributed by atoms with Gasteiger partial charge >= 0.3 is 46.7 Å². The number of hydrogen-bond acceptors (Lipinski definition) is 21. The highest BCUT2D eigenvalue weighted by Crippen LogP contribution is 2.62. The second-order valence-corrected chi connectivity index (χ2v) is 31.4. The van der Waals surface area contributed by atoms with E-state index in [1.165, 1.54) is 36.4 Å². The molecule has 0 bridgehead atoms. The van der Waals surface area contributed by atoms with Gasteiger partial charge in [-0.05, 0) is 98.3 Å². The fourth-order valence-electron chi connectivity index (χ4n) is 11.7. The van der Waals surface area contributed by atoms with Gasteiger partial charge in [0.05, 0.1) is 67.6 Å². The number of carbonyl (C=O) groups is 4. The van der Waals surface area contributed by atoms with Gasteiger partial charge in [0.1, 0.15) is 37.1 Å². The van der Waals surface area contributed by atoms with E-state index in [4.69, 9.17) is 65.3 Å². The van der Waals surface area contributed by atoms with Gasteiger partial charge in [-0.25, -0.2) is 19.2 Å². The zero-order valence-electron chi connectivity index (χ0n) is 56.2. The summed E-state index contributed by atoms with van der Waals surface area (Å²) < 4.78 is 136. The first-order chi connectivity index (χ1) is 48.8. The third kappa shape index (κ3) is 22.7. The van der Waals surface area contributed by atoms with E-state index in [0.29, 0.717) is 23.1 Å². The summed E-state index contributed by atoms with van der Waals surface area (Å²) in [6.07, 6.45) is -8.61. The van der Waals surface area contributed by atoms with Gasteiger partial charge in [0.2, 0.25) is 0 Å². The van der Waals surface area contributed by atoms with Gasteiger partial charge in [-0.2, -0.15) is 0 Å². The van der Waals surface area contributed by atoms with Gasteiger partial charge in [-0.3, -0.25) is 13.7 Å². The Balaban J connectivity index is 1.06. The van der Waals surface area contributed by atoms with Crippen LogP contribution in [0, 0.1) is 0 Å². The lowest BCUT2D eigenvalue weighted by Crippen LogP contribution is -2.66. The van der Waals surface area contributed by atoms with Gasteiger partial charge in [0.25, 0.3) is 0 Å². The average molecular weight is 1440 g/mol. The molecule has 3 saturated heterocycles. The average Bonchev–Trinajstić information content (AvgIpc) is 1.73. The molecule has 3 aliphatic rings. The predicted molar refractivity (Wildman–Crippen MR) is 373 cm³/mol. The van der Waals surface area contributed by atoms with E-state index >= 15 is 9.13 Å². The largest absolute Gasteiger partial charge is 0.459 e. The number of allylic oxidation sites excluding steroid dienone is 1. The Morgan fingerprint density at radius 2 is 0.861 bits per heavy atom. The van der Waals surface area contributed by atoms with Crippen LogP contribution in [0.4, 0.5) is 0 Å². The molecule has 0 radical (unpaired) electrons. The van der Waals surface area contributed by atoms with Crippen molar-refractivity contribution in [2.24, 2.45) is 0 Å². The molecule has 7 aromatic carbocycles. The number of hydrogen-bond donors (Lipinski definition) is 1. The summed E-state index contributed by atoms with van der Waals surface area (Å²) in [6.45, 7) is 4.72. The third-order valence-electron chi connectivity index (χ3n) is 16.7. The van der Waals surface area contributed by atoms with Crippen LogP contribution >= 0.6 is 22.8 Å². The Bertz CT molecular complexity index is 3900. The van der Waals surface area contributed by atoms with Crippen molar-refractivity contribution in [1.82, 2.24) is 0 Å². The third-order valence-corrected chi connectivity index (χ3v) is 23.0. The van der Waals surface area contributed by atoms with Crippen molar-refractivity contribution < 1.29 is 103 Å². The Hall–Kier alpha value is -7.59. The van der Waals surface area contributed by atoms with Crippen LogP contribution in [0.25, 0.3) is 0 Å². The van der Waals surface area contributed by atoms with Crippen molar-refractivity contribution in [3.63, 3.8) is 0 Å². The second kappa shape index (κ2) is 37.0. The van der Waals surface area contributed by atoms with Crippen LogP contribution in [0.15, 0.2) is 225 Å². The van der Waals surface area contributed by atoms with Crippen molar-refractivity contribution in [2.75, 3.05) is 31.9 Å².